The highest BCUT2D eigenvalue weighted by Crippen LogP contribution is 2.18. The maximum atomic E-state index is 10.1. The van der Waals surface area contributed by atoms with E-state index < -0.39 is 0 Å². The van der Waals surface area contributed by atoms with Gasteiger partial charge in [0.25, 0.3) is 0 Å². The molecule has 0 aromatic heterocycles. The van der Waals surface area contributed by atoms with E-state index in [1.54, 1.807) is 0 Å². The monoisotopic (exact) mass is 240 g/mol. The van der Waals surface area contributed by atoms with Crippen molar-refractivity contribution in [3.63, 3.8) is 0 Å². The maximum Gasteiger partial charge on any atom is 0.120 e. The van der Waals surface area contributed by atoms with Crippen LogP contribution in [-0.4, -0.2) is 6.29 Å². The first kappa shape index (κ1) is 10.5. The minimum atomic E-state index is 0.658. The molecule has 0 bridgehead atoms. The number of hydrogen-bond donors (Lipinski definition) is 0. The first-order valence-electron chi connectivity index (χ1n) is 4.42. The highest BCUT2D eigenvalue weighted by atomic mass is 79.9. The van der Waals surface area contributed by atoms with Crippen LogP contribution in [0.15, 0.2) is 22.7 Å². The molecular formula is C11H13BrO. The predicted molar refractivity (Wildman–Crippen MR) is 57.9 cm³/mol. The zero-order chi connectivity index (χ0) is 9.68. The van der Waals surface area contributed by atoms with Gasteiger partial charge in [-0.25, -0.2) is 0 Å². The van der Waals surface area contributed by atoms with E-state index in [0.717, 1.165) is 23.6 Å². The number of rotatable bonds is 4. The molecule has 0 aliphatic rings. The van der Waals surface area contributed by atoms with Crippen LogP contribution in [0.25, 0.3) is 0 Å². The Balaban J connectivity index is 2.57. The van der Waals surface area contributed by atoms with Crippen molar-refractivity contribution >= 4 is 22.2 Å². The second-order valence-electron chi connectivity index (χ2n) is 3.14. The Morgan fingerprint density at radius 2 is 2.23 bits per heavy atom. The van der Waals surface area contributed by atoms with Crippen LogP contribution in [-0.2, 0) is 11.2 Å². The van der Waals surface area contributed by atoms with Crippen molar-refractivity contribution in [2.45, 2.75) is 26.2 Å². The topological polar surface area (TPSA) is 17.1 Å². The van der Waals surface area contributed by atoms with E-state index in [1.807, 2.05) is 0 Å². The van der Waals surface area contributed by atoms with Crippen LogP contribution in [0.4, 0.5) is 0 Å². The molecule has 0 heterocycles. The van der Waals surface area contributed by atoms with E-state index in [4.69, 9.17) is 0 Å². The molecule has 0 atom stereocenters. The summed E-state index contributed by atoms with van der Waals surface area (Å²) in [7, 11) is 0. The minimum Gasteiger partial charge on any atom is -0.303 e. The van der Waals surface area contributed by atoms with Gasteiger partial charge in [0.2, 0.25) is 0 Å². The molecule has 13 heavy (non-hydrogen) atoms. The molecular weight excluding hydrogens is 228 g/mol. The molecule has 1 rings (SSSR count). The number of aryl methyl sites for hydroxylation is 2. The first-order valence-corrected chi connectivity index (χ1v) is 5.22. The minimum absolute atomic E-state index is 0.658. The van der Waals surface area contributed by atoms with Crippen molar-refractivity contribution in [1.29, 1.82) is 0 Å². The molecule has 0 spiro atoms. The van der Waals surface area contributed by atoms with E-state index in [1.165, 1.54) is 11.1 Å². The zero-order valence-corrected chi connectivity index (χ0v) is 9.30. The Morgan fingerprint density at radius 3 is 2.85 bits per heavy atom. The molecule has 1 aromatic carbocycles. The third-order valence-electron chi connectivity index (χ3n) is 2.02. The predicted octanol–water partition coefficient (Wildman–Crippen LogP) is 3.28. The summed E-state index contributed by atoms with van der Waals surface area (Å²) in [5.74, 6) is 0. The second kappa shape index (κ2) is 5.18. The number of aldehydes is 1. The van der Waals surface area contributed by atoms with Crippen molar-refractivity contribution in [3.8, 4) is 0 Å². The van der Waals surface area contributed by atoms with Gasteiger partial charge in [0.15, 0.2) is 0 Å². The fraction of sp³-hybridized carbons (Fsp3) is 0.364. The highest BCUT2D eigenvalue weighted by Gasteiger charge is 1.97. The van der Waals surface area contributed by atoms with Gasteiger partial charge in [0.05, 0.1) is 0 Å². The van der Waals surface area contributed by atoms with Gasteiger partial charge < -0.3 is 4.79 Å². The van der Waals surface area contributed by atoms with E-state index in [9.17, 15) is 4.79 Å². The molecule has 0 radical (unpaired) electrons. The summed E-state index contributed by atoms with van der Waals surface area (Å²) in [4.78, 5) is 10.1. The molecule has 1 aromatic rings. The van der Waals surface area contributed by atoms with Gasteiger partial charge in [-0.3, -0.25) is 0 Å². The van der Waals surface area contributed by atoms with Crippen molar-refractivity contribution in [2.75, 3.05) is 0 Å². The average molecular weight is 241 g/mol. The zero-order valence-electron chi connectivity index (χ0n) is 7.72. The number of halogens is 1. The van der Waals surface area contributed by atoms with Gasteiger partial charge >= 0.3 is 0 Å². The van der Waals surface area contributed by atoms with Crippen LogP contribution in [0.5, 0.6) is 0 Å². The summed E-state index contributed by atoms with van der Waals surface area (Å²) in [6.07, 6.45) is 3.56. The number of carbonyl (C=O) groups is 1. The lowest BCUT2D eigenvalue weighted by Gasteiger charge is -2.02. The van der Waals surface area contributed by atoms with Gasteiger partial charge in [-0.1, -0.05) is 28.1 Å². The summed E-state index contributed by atoms with van der Waals surface area (Å²) < 4.78 is 1.15. The standard InChI is InChI=1S/C11H13BrO/c1-9-5-6-10(8-11(9)12)4-2-3-7-13/h5-8H,2-4H2,1H3. The van der Waals surface area contributed by atoms with Crippen molar-refractivity contribution in [2.24, 2.45) is 0 Å². The van der Waals surface area contributed by atoms with E-state index in [2.05, 4.69) is 41.1 Å². The molecule has 1 nitrogen and oxygen atoms in total. The molecule has 70 valence electrons. The number of hydrogen-bond acceptors (Lipinski definition) is 1. The number of carbonyl (C=O) groups excluding carboxylic acids is 1. The van der Waals surface area contributed by atoms with Gasteiger partial charge in [-0.15, -0.1) is 0 Å². The van der Waals surface area contributed by atoms with Gasteiger partial charge in [0.1, 0.15) is 6.29 Å². The Bertz CT molecular complexity index is 294. The summed E-state index contributed by atoms with van der Waals surface area (Å²) in [5.41, 5.74) is 2.54. The lowest BCUT2D eigenvalue weighted by molar-refractivity contribution is -0.107. The lowest BCUT2D eigenvalue weighted by Crippen LogP contribution is -1.87. The van der Waals surface area contributed by atoms with Crippen LogP contribution in [0.2, 0.25) is 0 Å². The Morgan fingerprint density at radius 1 is 1.46 bits per heavy atom. The molecule has 0 aliphatic heterocycles. The molecule has 0 amide bonds. The van der Waals surface area contributed by atoms with Gasteiger partial charge in [-0.05, 0) is 37.0 Å². The largest absolute Gasteiger partial charge is 0.303 e. The molecule has 0 fully saturated rings. The smallest absolute Gasteiger partial charge is 0.120 e. The maximum absolute atomic E-state index is 10.1. The van der Waals surface area contributed by atoms with E-state index in [0.29, 0.717) is 6.42 Å². The van der Waals surface area contributed by atoms with Gasteiger partial charge in [-0.2, -0.15) is 0 Å². The summed E-state index contributed by atoms with van der Waals surface area (Å²) >= 11 is 3.49. The van der Waals surface area contributed by atoms with Crippen molar-refractivity contribution in [1.82, 2.24) is 0 Å². The summed E-state index contributed by atoms with van der Waals surface area (Å²) in [5, 5.41) is 0. The molecule has 0 aliphatic carbocycles. The SMILES string of the molecule is Cc1ccc(CCCC=O)cc1Br. The third kappa shape index (κ3) is 3.31. The van der Waals surface area contributed by atoms with Crippen LogP contribution in [0.1, 0.15) is 24.0 Å². The molecule has 0 N–H and O–H groups in total. The summed E-state index contributed by atoms with van der Waals surface area (Å²) in [6, 6.07) is 6.34. The normalized spacial score (nSPS) is 10.0. The lowest BCUT2D eigenvalue weighted by atomic mass is 10.1. The molecule has 0 saturated heterocycles. The molecule has 2 heteroatoms. The van der Waals surface area contributed by atoms with Crippen molar-refractivity contribution in [3.05, 3.63) is 33.8 Å². The second-order valence-corrected chi connectivity index (χ2v) is 4.00. The van der Waals surface area contributed by atoms with Crippen LogP contribution >= 0.6 is 15.9 Å². The summed E-state index contributed by atoms with van der Waals surface area (Å²) in [6.45, 7) is 2.07. The Labute approximate surface area is 87.3 Å². The van der Waals surface area contributed by atoms with Crippen molar-refractivity contribution < 1.29 is 4.79 Å². The third-order valence-corrected chi connectivity index (χ3v) is 2.88. The Kier molecular flexibility index (Phi) is 4.16. The number of unbranched alkanes of at least 4 members (excludes halogenated alkanes) is 1. The molecule has 0 unspecified atom stereocenters. The fourth-order valence-corrected chi connectivity index (χ4v) is 1.61. The average Bonchev–Trinajstić information content (AvgIpc) is 2.12. The Hall–Kier alpha value is -0.630. The van der Waals surface area contributed by atoms with E-state index >= 15 is 0 Å². The van der Waals surface area contributed by atoms with Gasteiger partial charge in [0, 0.05) is 10.9 Å². The van der Waals surface area contributed by atoms with Crippen LogP contribution in [0, 0.1) is 6.92 Å². The first-order chi connectivity index (χ1) is 6.24. The highest BCUT2D eigenvalue weighted by molar-refractivity contribution is 9.10. The van der Waals surface area contributed by atoms with Crippen LogP contribution < -0.4 is 0 Å². The quantitative estimate of drug-likeness (QED) is 0.584. The molecule has 0 saturated carbocycles. The van der Waals surface area contributed by atoms with Crippen LogP contribution in [0.3, 0.4) is 0 Å². The van der Waals surface area contributed by atoms with E-state index in [-0.39, 0.29) is 0 Å². The number of benzene rings is 1. The fourth-order valence-electron chi connectivity index (χ4n) is 1.18.